The minimum Gasteiger partial charge on any atom is -0.400 e. The smallest absolute Gasteiger partial charge is 0.176 e. The number of hydrogen-bond donors (Lipinski definition) is 1. The van der Waals surface area contributed by atoms with E-state index >= 15 is 0 Å². The molecule has 0 bridgehead atoms. The molecule has 3 rings (SSSR count). The van der Waals surface area contributed by atoms with Crippen LogP contribution in [0, 0.1) is 0 Å². The largest absolute Gasteiger partial charge is 0.400 e. The summed E-state index contributed by atoms with van der Waals surface area (Å²) in [4.78, 5) is 17.2. The molecule has 5 heteroatoms. The van der Waals surface area contributed by atoms with E-state index in [0.29, 0.717) is 18.7 Å². The van der Waals surface area contributed by atoms with Crippen molar-refractivity contribution in [2.75, 3.05) is 0 Å². The van der Waals surface area contributed by atoms with Crippen LogP contribution in [-0.4, -0.2) is 22.4 Å². The van der Waals surface area contributed by atoms with Gasteiger partial charge in [-0.25, -0.2) is 15.0 Å². The van der Waals surface area contributed by atoms with Gasteiger partial charge in [0.25, 0.3) is 0 Å². The van der Waals surface area contributed by atoms with E-state index < -0.39 is 0 Å². The second kappa shape index (κ2) is 3.93. The molecule has 0 fully saturated rings. The standard InChI is InChI=1S/C12H11N5/c13-8-5-10-12(15-7-8)17-11(16-10)6-9-3-1-2-4-14-9/h1-4,7H,5-6,13H2. The zero-order chi connectivity index (χ0) is 11.7. The molecule has 0 aliphatic carbocycles. The molecule has 0 amide bonds. The van der Waals surface area contributed by atoms with Crippen molar-refractivity contribution in [2.24, 2.45) is 20.7 Å². The summed E-state index contributed by atoms with van der Waals surface area (Å²) in [7, 11) is 0. The lowest BCUT2D eigenvalue weighted by atomic mass is 10.2. The fraction of sp³-hybridized carbons (Fsp3) is 0.167. The van der Waals surface area contributed by atoms with Crippen molar-refractivity contribution in [1.82, 2.24) is 4.98 Å². The van der Waals surface area contributed by atoms with E-state index in [-0.39, 0.29) is 0 Å². The van der Waals surface area contributed by atoms with Gasteiger partial charge in [-0.3, -0.25) is 4.98 Å². The minimum absolute atomic E-state index is 0.628. The molecular weight excluding hydrogens is 214 g/mol. The Labute approximate surface area is 98.5 Å². The Bertz CT molecular complexity index is 566. The third-order valence-electron chi connectivity index (χ3n) is 2.55. The van der Waals surface area contributed by atoms with Gasteiger partial charge in [0.1, 0.15) is 5.84 Å². The maximum atomic E-state index is 5.70. The van der Waals surface area contributed by atoms with Gasteiger partial charge in [0, 0.05) is 30.2 Å². The number of rotatable bonds is 2. The zero-order valence-electron chi connectivity index (χ0n) is 9.17. The van der Waals surface area contributed by atoms with E-state index in [1.54, 1.807) is 12.4 Å². The maximum Gasteiger partial charge on any atom is 0.176 e. The molecule has 5 nitrogen and oxygen atoms in total. The molecule has 0 unspecified atom stereocenters. The summed E-state index contributed by atoms with van der Waals surface area (Å²) in [5.41, 5.74) is 8.23. The van der Waals surface area contributed by atoms with E-state index in [1.807, 2.05) is 18.2 Å². The van der Waals surface area contributed by atoms with Crippen molar-refractivity contribution < 1.29 is 0 Å². The number of allylic oxidation sites excluding steroid dienone is 1. The lowest BCUT2D eigenvalue weighted by Crippen LogP contribution is -2.16. The van der Waals surface area contributed by atoms with Gasteiger partial charge in [0.2, 0.25) is 0 Å². The Morgan fingerprint density at radius 1 is 1.24 bits per heavy atom. The Morgan fingerprint density at radius 2 is 2.18 bits per heavy atom. The van der Waals surface area contributed by atoms with Crippen LogP contribution < -0.4 is 5.73 Å². The molecule has 0 spiro atoms. The molecule has 0 atom stereocenters. The van der Waals surface area contributed by atoms with Gasteiger partial charge in [0.15, 0.2) is 5.84 Å². The average molecular weight is 225 g/mol. The summed E-state index contributed by atoms with van der Waals surface area (Å²) < 4.78 is 0. The monoisotopic (exact) mass is 225 g/mol. The first-order valence-corrected chi connectivity index (χ1v) is 5.39. The summed E-state index contributed by atoms with van der Waals surface area (Å²) in [5.74, 6) is 1.44. The molecular formula is C12H11N5. The highest BCUT2D eigenvalue weighted by atomic mass is 15.1. The highest BCUT2D eigenvalue weighted by molar-refractivity contribution is 6.48. The van der Waals surface area contributed by atoms with Crippen LogP contribution in [0.1, 0.15) is 12.1 Å². The van der Waals surface area contributed by atoms with Gasteiger partial charge in [-0.2, -0.15) is 0 Å². The third-order valence-corrected chi connectivity index (χ3v) is 2.55. The zero-order valence-corrected chi connectivity index (χ0v) is 9.17. The van der Waals surface area contributed by atoms with Crippen molar-refractivity contribution in [3.05, 3.63) is 42.0 Å². The molecule has 1 aromatic rings. The second-order valence-electron chi connectivity index (χ2n) is 3.92. The number of amidine groups is 2. The van der Waals surface area contributed by atoms with Crippen LogP contribution in [0.4, 0.5) is 0 Å². The maximum absolute atomic E-state index is 5.70. The van der Waals surface area contributed by atoms with Crippen LogP contribution in [0.2, 0.25) is 0 Å². The van der Waals surface area contributed by atoms with E-state index in [0.717, 1.165) is 22.9 Å². The Balaban J connectivity index is 1.81. The van der Waals surface area contributed by atoms with Crippen molar-refractivity contribution in [3.8, 4) is 0 Å². The predicted molar refractivity (Wildman–Crippen MR) is 67.1 cm³/mol. The summed E-state index contributed by atoms with van der Waals surface area (Å²) in [5, 5.41) is 0. The second-order valence-corrected chi connectivity index (χ2v) is 3.92. The number of fused-ring (bicyclic) bond motifs is 1. The van der Waals surface area contributed by atoms with Gasteiger partial charge in [-0.05, 0) is 12.1 Å². The van der Waals surface area contributed by atoms with Crippen LogP contribution >= 0.6 is 0 Å². The minimum atomic E-state index is 0.628. The van der Waals surface area contributed by atoms with Crippen LogP contribution in [0.25, 0.3) is 0 Å². The molecule has 2 aliphatic rings. The molecule has 3 heterocycles. The van der Waals surface area contributed by atoms with Crippen LogP contribution in [0.3, 0.4) is 0 Å². The molecule has 0 saturated carbocycles. The van der Waals surface area contributed by atoms with Gasteiger partial charge < -0.3 is 5.73 Å². The Kier molecular flexibility index (Phi) is 2.29. The summed E-state index contributed by atoms with van der Waals surface area (Å²) in [6.45, 7) is 0. The predicted octanol–water partition coefficient (Wildman–Crippen LogP) is 1.08. The first kappa shape index (κ1) is 9.89. The first-order chi connectivity index (χ1) is 8.31. The SMILES string of the molecule is NC1=CN=C2N=C(Cc3ccccn3)N=C2C1. The average Bonchev–Trinajstić information content (AvgIpc) is 2.71. The normalized spacial score (nSPS) is 17.9. The molecule has 0 radical (unpaired) electrons. The van der Waals surface area contributed by atoms with Crippen LogP contribution in [0.5, 0.6) is 0 Å². The van der Waals surface area contributed by atoms with Gasteiger partial charge >= 0.3 is 0 Å². The molecule has 84 valence electrons. The molecule has 0 aromatic carbocycles. The third kappa shape index (κ3) is 1.99. The summed E-state index contributed by atoms with van der Waals surface area (Å²) >= 11 is 0. The van der Waals surface area contributed by atoms with Crippen molar-refractivity contribution >= 4 is 17.4 Å². The van der Waals surface area contributed by atoms with E-state index in [4.69, 9.17) is 5.73 Å². The van der Waals surface area contributed by atoms with Crippen LogP contribution in [-0.2, 0) is 6.42 Å². The number of nitrogens with two attached hydrogens (primary N) is 1. The van der Waals surface area contributed by atoms with Gasteiger partial charge in [0.05, 0.1) is 12.1 Å². The first-order valence-electron chi connectivity index (χ1n) is 5.39. The molecule has 17 heavy (non-hydrogen) atoms. The number of aliphatic imine (C=N–C) groups is 3. The molecule has 1 aromatic heterocycles. The quantitative estimate of drug-likeness (QED) is 0.817. The molecule has 2 aliphatic heterocycles. The number of pyridine rings is 1. The van der Waals surface area contributed by atoms with Crippen molar-refractivity contribution in [1.29, 1.82) is 0 Å². The van der Waals surface area contributed by atoms with Crippen molar-refractivity contribution in [2.45, 2.75) is 12.8 Å². The van der Waals surface area contributed by atoms with E-state index in [2.05, 4.69) is 20.0 Å². The van der Waals surface area contributed by atoms with Gasteiger partial charge in [-0.15, -0.1) is 0 Å². The molecule has 0 saturated heterocycles. The lowest BCUT2D eigenvalue weighted by Gasteiger charge is -2.04. The lowest BCUT2D eigenvalue weighted by molar-refractivity contribution is 1.13. The highest BCUT2D eigenvalue weighted by Gasteiger charge is 2.20. The number of hydrogen-bond acceptors (Lipinski definition) is 5. The van der Waals surface area contributed by atoms with Crippen LogP contribution in [0.15, 0.2) is 51.3 Å². The highest BCUT2D eigenvalue weighted by Crippen LogP contribution is 2.14. The summed E-state index contributed by atoms with van der Waals surface area (Å²) in [6, 6.07) is 5.80. The molecule has 2 N–H and O–H groups in total. The Hall–Kier alpha value is -2.30. The topological polar surface area (TPSA) is 76.0 Å². The fourth-order valence-corrected chi connectivity index (χ4v) is 1.77. The number of aromatic nitrogens is 1. The number of nitrogens with zero attached hydrogens (tertiary/aromatic N) is 4. The fourth-order valence-electron chi connectivity index (χ4n) is 1.77. The van der Waals surface area contributed by atoms with Crippen molar-refractivity contribution in [3.63, 3.8) is 0 Å². The van der Waals surface area contributed by atoms with E-state index in [9.17, 15) is 0 Å². The van der Waals surface area contributed by atoms with Gasteiger partial charge in [-0.1, -0.05) is 6.07 Å². The van der Waals surface area contributed by atoms with E-state index in [1.165, 1.54) is 0 Å². The Morgan fingerprint density at radius 3 is 3.00 bits per heavy atom. The summed E-state index contributed by atoms with van der Waals surface area (Å²) in [6.07, 6.45) is 4.67.